The maximum Gasteiger partial charge on any atom is 0.412 e. The van der Waals surface area contributed by atoms with Crippen LogP contribution in [0.5, 0.6) is 0 Å². The summed E-state index contributed by atoms with van der Waals surface area (Å²) in [6, 6.07) is 7.19. The number of hydrogen-bond acceptors (Lipinski definition) is 4. The number of nitrogens with one attached hydrogen (secondary N) is 1. The first-order chi connectivity index (χ1) is 11.1. The van der Waals surface area contributed by atoms with Gasteiger partial charge in [-0.15, -0.1) is 0 Å². The number of carbonyl (C=O) groups excluding carboxylic acids is 2. The molecular formula is C19H27NO4. The number of amides is 1. The Morgan fingerprint density at radius 2 is 1.75 bits per heavy atom. The summed E-state index contributed by atoms with van der Waals surface area (Å²) in [4.78, 5) is 23.5. The van der Waals surface area contributed by atoms with E-state index in [4.69, 9.17) is 9.47 Å². The van der Waals surface area contributed by atoms with E-state index in [1.54, 1.807) is 32.9 Å². The minimum Gasteiger partial charge on any atom is -0.453 e. The largest absolute Gasteiger partial charge is 0.453 e. The molecule has 0 spiro atoms. The Morgan fingerprint density at radius 1 is 1.12 bits per heavy atom. The van der Waals surface area contributed by atoms with Gasteiger partial charge in [-0.25, -0.2) is 4.79 Å². The van der Waals surface area contributed by atoms with E-state index in [0.29, 0.717) is 17.2 Å². The predicted octanol–water partition coefficient (Wildman–Crippen LogP) is 4.85. The number of para-hydroxylation sites is 1. The van der Waals surface area contributed by atoms with E-state index >= 15 is 0 Å². The summed E-state index contributed by atoms with van der Waals surface area (Å²) in [5, 5.41) is 2.72. The Hall–Kier alpha value is -2.30. The molecule has 0 saturated carbocycles. The highest BCUT2D eigenvalue weighted by Gasteiger charge is 2.20. The van der Waals surface area contributed by atoms with Gasteiger partial charge in [0.1, 0.15) is 11.7 Å². The number of hydrogen-bond donors (Lipinski definition) is 1. The van der Waals surface area contributed by atoms with Crippen molar-refractivity contribution >= 4 is 17.7 Å². The lowest BCUT2D eigenvalue weighted by Crippen LogP contribution is -2.27. The molecule has 132 valence electrons. The van der Waals surface area contributed by atoms with Crippen LogP contribution in [-0.4, -0.2) is 17.7 Å². The molecule has 1 atom stereocenters. The molecule has 0 radical (unpaired) electrons. The van der Waals surface area contributed by atoms with Crippen molar-refractivity contribution in [2.75, 3.05) is 5.32 Å². The summed E-state index contributed by atoms with van der Waals surface area (Å²) in [5.74, 6) is -0.0745. The van der Waals surface area contributed by atoms with Gasteiger partial charge in [0.25, 0.3) is 0 Å². The number of rotatable bonds is 5. The van der Waals surface area contributed by atoms with Crippen molar-refractivity contribution in [2.45, 2.75) is 53.2 Å². The third-order valence-electron chi connectivity index (χ3n) is 2.87. The van der Waals surface area contributed by atoms with Crippen molar-refractivity contribution in [1.29, 1.82) is 0 Å². The second-order valence-corrected chi connectivity index (χ2v) is 6.87. The fourth-order valence-corrected chi connectivity index (χ4v) is 1.98. The van der Waals surface area contributed by atoms with E-state index < -0.39 is 17.8 Å². The number of ether oxygens (including phenoxy) is 2. The van der Waals surface area contributed by atoms with Gasteiger partial charge in [0.05, 0.1) is 5.69 Å². The molecule has 1 rings (SSSR count). The van der Waals surface area contributed by atoms with Crippen LogP contribution in [-0.2, 0) is 14.3 Å². The van der Waals surface area contributed by atoms with Crippen LogP contribution in [0.1, 0.15) is 53.2 Å². The molecule has 1 unspecified atom stereocenters. The number of allylic oxidation sites excluding steroid dienone is 1. The topological polar surface area (TPSA) is 64.6 Å². The quantitative estimate of drug-likeness (QED) is 0.618. The van der Waals surface area contributed by atoms with Crippen molar-refractivity contribution in [1.82, 2.24) is 0 Å². The van der Waals surface area contributed by atoms with Gasteiger partial charge in [-0.05, 0) is 38.8 Å². The van der Waals surface area contributed by atoms with Gasteiger partial charge in [0, 0.05) is 12.5 Å². The molecule has 0 aromatic heterocycles. The zero-order chi connectivity index (χ0) is 18.3. The summed E-state index contributed by atoms with van der Waals surface area (Å²) in [5.41, 5.74) is 0.646. The summed E-state index contributed by atoms with van der Waals surface area (Å²) in [7, 11) is 0. The molecule has 1 aromatic rings. The van der Waals surface area contributed by atoms with Gasteiger partial charge < -0.3 is 9.47 Å². The lowest BCUT2D eigenvalue weighted by atomic mass is 10.0. The molecule has 0 aliphatic heterocycles. The number of benzene rings is 1. The van der Waals surface area contributed by atoms with E-state index in [-0.39, 0.29) is 5.97 Å². The van der Waals surface area contributed by atoms with Crippen molar-refractivity contribution < 1.29 is 19.1 Å². The molecule has 0 heterocycles. The highest BCUT2D eigenvalue weighted by Crippen LogP contribution is 2.28. The molecule has 5 heteroatoms. The standard InChI is InChI=1S/C19H27NO4/c1-13(2)11-12-17(23-14(3)21)15-9-7-8-10-16(15)20-18(22)24-19(4,5)6/h7-13,17H,1-6H3,(H,20,22)/b12-11+. The van der Waals surface area contributed by atoms with Gasteiger partial charge in [-0.3, -0.25) is 10.1 Å². The molecule has 0 saturated heterocycles. The predicted molar refractivity (Wildman–Crippen MR) is 94.8 cm³/mol. The first-order valence-corrected chi connectivity index (χ1v) is 8.03. The molecular weight excluding hydrogens is 306 g/mol. The lowest BCUT2D eigenvalue weighted by molar-refractivity contribution is -0.144. The third kappa shape index (κ3) is 7.31. The van der Waals surface area contributed by atoms with E-state index in [9.17, 15) is 9.59 Å². The molecule has 0 aliphatic rings. The van der Waals surface area contributed by atoms with Crippen LogP contribution >= 0.6 is 0 Å². The Morgan fingerprint density at radius 3 is 2.29 bits per heavy atom. The second-order valence-electron chi connectivity index (χ2n) is 6.87. The van der Waals surface area contributed by atoms with E-state index in [1.165, 1.54) is 6.92 Å². The lowest BCUT2D eigenvalue weighted by Gasteiger charge is -2.22. The van der Waals surface area contributed by atoms with Crippen LogP contribution in [0.25, 0.3) is 0 Å². The fourth-order valence-electron chi connectivity index (χ4n) is 1.98. The van der Waals surface area contributed by atoms with Crippen molar-refractivity contribution in [3.63, 3.8) is 0 Å². The average Bonchev–Trinajstić information content (AvgIpc) is 2.41. The molecule has 24 heavy (non-hydrogen) atoms. The summed E-state index contributed by atoms with van der Waals surface area (Å²) in [6.07, 6.45) is 2.65. The van der Waals surface area contributed by atoms with Gasteiger partial charge in [0.2, 0.25) is 0 Å². The van der Waals surface area contributed by atoms with E-state index in [1.807, 2.05) is 38.1 Å². The monoisotopic (exact) mass is 333 g/mol. The van der Waals surface area contributed by atoms with Crippen molar-refractivity contribution in [3.05, 3.63) is 42.0 Å². The summed E-state index contributed by atoms with van der Waals surface area (Å²) < 4.78 is 10.7. The zero-order valence-electron chi connectivity index (χ0n) is 15.3. The van der Waals surface area contributed by atoms with Crippen LogP contribution in [0.3, 0.4) is 0 Å². The van der Waals surface area contributed by atoms with Gasteiger partial charge >= 0.3 is 12.1 Å². The van der Waals surface area contributed by atoms with Crippen LogP contribution in [0.2, 0.25) is 0 Å². The molecule has 5 nitrogen and oxygen atoms in total. The van der Waals surface area contributed by atoms with Crippen LogP contribution in [0.15, 0.2) is 36.4 Å². The zero-order valence-corrected chi connectivity index (χ0v) is 15.3. The smallest absolute Gasteiger partial charge is 0.412 e. The Bertz CT molecular complexity index is 600. The number of carbonyl (C=O) groups is 2. The van der Waals surface area contributed by atoms with Crippen molar-refractivity contribution in [3.8, 4) is 0 Å². The normalized spacial score (nSPS) is 13.0. The van der Waals surface area contributed by atoms with Crippen LogP contribution in [0, 0.1) is 5.92 Å². The maximum absolute atomic E-state index is 12.0. The molecule has 1 amide bonds. The molecule has 1 aromatic carbocycles. The van der Waals surface area contributed by atoms with Crippen LogP contribution < -0.4 is 5.32 Å². The number of esters is 1. The molecule has 0 aliphatic carbocycles. The summed E-state index contributed by atoms with van der Waals surface area (Å²) >= 11 is 0. The van der Waals surface area contributed by atoms with Crippen LogP contribution in [0.4, 0.5) is 10.5 Å². The maximum atomic E-state index is 12.0. The van der Waals surface area contributed by atoms with E-state index in [2.05, 4.69) is 5.32 Å². The summed E-state index contributed by atoms with van der Waals surface area (Å²) in [6.45, 7) is 10.8. The van der Waals surface area contributed by atoms with Gasteiger partial charge in [-0.2, -0.15) is 0 Å². The second kappa shape index (κ2) is 8.52. The molecule has 1 N–H and O–H groups in total. The highest BCUT2D eigenvalue weighted by atomic mass is 16.6. The Labute approximate surface area is 144 Å². The minimum atomic E-state index is -0.591. The van der Waals surface area contributed by atoms with Gasteiger partial charge in [0.15, 0.2) is 0 Å². The Balaban J connectivity index is 3.07. The third-order valence-corrected chi connectivity index (χ3v) is 2.87. The average molecular weight is 333 g/mol. The van der Waals surface area contributed by atoms with Gasteiger partial charge in [-0.1, -0.05) is 38.1 Å². The SMILES string of the molecule is CC(=O)OC(/C=C/C(C)C)c1ccccc1NC(=O)OC(C)(C)C. The first kappa shape index (κ1) is 19.7. The Kier molecular flexibility index (Phi) is 7.01. The number of anilines is 1. The fraction of sp³-hybridized carbons (Fsp3) is 0.474. The molecule has 0 fully saturated rings. The van der Waals surface area contributed by atoms with Crippen molar-refractivity contribution in [2.24, 2.45) is 5.92 Å². The first-order valence-electron chi connectivity index (χ1n) is 8.03. The van der Waals surface area contributed by atoms with E-state index in [0.717, 1.165) is 0 Å². The molecule has 0 bridgehead atoms. The highest BCUT2D eigenvalue weighted by molar-refractivity contribution is 5.86. The minimum absolute atomic E-state index is 0.314.